The lowest BCUT2D eigenvalue weighted by atomic mass is 9.97. The number of nitrogens with one attached hydrogen (secondary N) is 1. The number of hydrogen-bond donors (Lipinski definition) is 1. The SMILES string of the molecule is Cc1nc2c(s1)CCC[C@H]2NC(=O)c1ccc2c(c1)OCO2. The number of ether oxygens (including phenoxy) is 2. The number of benzene rings is 1. The van der Waals surface area contributed by atoms with Gasteiger partial charge in [-0.05, 0) is 44.4 Å². The van der Waals surface area contributed by atoms with Gasteiger partial charge in [0, 0.05) is 10.4 Å². The predicted molar refractivity (Wildman–Crippen MR) is 82.6 cm³/mol. The van der Waals surface area contributed by atoms with Gasteiger partial charge >= 0.3 is 0 Å². The second-order valence-corrected chi connectivity index (χ2v) is 6.82. The highest BCUT2D eigenvalue weighted by Gasteiger charge is 2.26. The summed E-state index contributed by atoms with van der Waals surface area (Å²) in [5, 5.41) is 4.17. The highest BCUT2D eigenvalue weighted by atomic mass is 32.1. The van der Waals surface area contributed by atoms with Crippen molar-refractivity contribution in [3.8, 4) is 11.5 Å². The molecule has 1 aliphatic carbocycles. The molecule has 2 aromatic rings. The van der Waals surface area contributed by atoms with Crippen molar-refractivity contribution in [1.29, 1.82) is 0 Å². The van der Waals surface area contributed by atoms with Crippen LogP contribution in [0.25, 0.3) is 0 Å². The zero-order chi connectivity index (χ0) is 15.1. The fraction of sp³-hybridized carbons (Fsp3) is 0.375. The number of carbonyl (C=O) groups is 1. The van der Waals surface area contributed by atoms with E-state index in [0.717, 1.165) is 30.0 Å². The first kappa shape index (κ1) is 13.6. The summed E-state index contributed by atoms with van der Waals surface area (Å²) in [6.45, 7) is 2.23. The average Bonchev–Trinajstić information content (AvgIpc) is 3.12. The molecule has 0 spiro atoms. The largest absolute Gasteiger partial charge is 0.454 e. The molecule has 1 N–H and O–H groups in total. The number of carbonyl (C=O) groups excluding carboxylic acids is 1. The molecule has 4 rings (SSSR count). The van der Waals surface area contributed by atoms with Crippen LogP contribution in [0.2, 0.25) is 0 Å². The summed E-state index contributed by atoms with van der Waals surface area (Å²) in [5.74, 6) is 1.22. The highest BCUT2D eigenvalue weighted by molar-refractivity contribution is 7.11. The number of amides is 1. The van der Waals surface area contributed by atoms with Gasteiger partial charge in [0.25, 0.3) is 5.91 Å². The third kappa shape index (κ3) is 2.33. The molecular formula is C16H16N2O3S. The first-order chi connectivity index (χ1) is 10.7. The van der Waals surface area contributed by atoms with E-state index >= 15 is 0 Å². The lowest BCUT2D eigenvalue weighted by Crippen LogP contribution is -2.30. The van der Waals surface area contributed by atoms with Crippen LogP contribution in [0, 0.1) is 6.92 Å². The molecule has 0 unspecified atom stereocenters. The molecule has 6 heteroatoms. The monoisotopic (exact) mass is 316 g/mol. The summed E-state index contributed by atoms with van der Waals surface area (Å²) in [6, 6.07) is 5.27. The zero-order valence-electron chi connectivity index (χ0n) is 12.2. The number of hydrogen-bond acceptors (Lipinski definition) is 5. The number of fused-ring (bicyclic) bond motifs is 2. The van der Waals surface area contributed by atoms with Crippen molar-refractivity contribution < 1.29 is 14.3 Å². The third-order valence-corrected chi connectivity index (χ3v) is 5.05. The maximum Gasteiger partial charge on any atom is 0.251 e. The van der Waals surface area contributed by atoms with E-state index in [1.165, 1.54) is 4.88 Å². The fourth-order valence-corrected chi connectivity index (χ4v) is 4.00. The van der Waals surface area contributed by atoms with Crippen molar-refractivity contribution >= 4 is 17.2 Å². The third-order valence-electron chi connectivity index (χ3n) is 4.00. The van der Waals surface area contributed by atoms with E-state index in [9.17, 15) is 4.79 Å². The molecular weight excluding hydrogens is 300 g/mol. The molecule has 2 heterocycles. The van der Waals surface area contributed by atoms with Crippen LogP contribution in [0.3, 0.4) is 0 Å². The Morgan fingerprint density at radius 3 is 3.14 bits per heavy atom. The Kier molecular flexibility index (Phi) is 3.26. The van der Waals surface area contributed by atoms with E-state index in [-0.39, 0.29) is 18.7 Å². The summed E-state index contributed by atoms with van der Waals surface area (Å²) in [5.41, 5.74) is 1.63. The Balaban J connectivity index is 1.55. The summed E-state index contributed by atoms with van der Waals surface area (Å²) in [4.78, 5) is 18.4. The molecule has 1 atom stereocenters. The maximum absolute atomic E-state index is 12.5. The Morgan fingerprint density at radius 1 is 1.36 bits per heavy atom. The van der Waals surface area contributed by atoms with Gasteiger partial charge in [-0.15, -0.1) is 11.3 Å². The minimum absolute atomic E-state index is 0.00613. The lowest BCUT2D eigenvalue weighted by Gasteiger charge is -2.22. The molecule has 1 aromatic heterocycles. The van der Waals surface area contributed by atoms with Gasteiger partial charge in [0.2, 0.25) is 6.79 Å². The van der Waals surface area contributed by atoms with E-state index < -0.39 is 0 Å². The topological polar surface area (TPSA) is 60.5 Å². The number of aryl methyl sites for hydroxylation is 2. The molecule has 1 aromatic carbocycles. The van der Waals surface area contributed by atoms with Crippen molar-refractivity contribution in [3.63, 3.8) is 0 Å². The van der Waals surface area contributed by atoms with Crippen LogP contribution in [0.1, 0.15) is 44.8 Å². The van der Waals surface area contributed by atoms with Gasteiger partial charge in [0.1, 0.15) is 0 Å². The number of thiazole rings is 1. The minimum atomic E-state index is -0.0956. The quantitative estimate of drug-likeness (QED) is 0.925. The first-order valence-electron chi connectivity index (χ1n) is 7.37. The first-order valence-corrected chi connectivity index (χ1v) is 8.19. The van der Waals surface area contributed by atoms with Crippen LogP contribution in [0.15, 0.2) is 18.2 Å². The molecule has 0 bridgehead atoms. The molecule has 2 aliphatic rings. The van der Waals surface area contributed by atoms with Gasteiger partial charge in [0.15, 0.2) is 11.5 Å². The fourth-order valence-electron chi connectivity index (χ4n) is 2.96. The highest BCUT2D eigenvalue weighted by Crippen LogP contribution is 2.35. The average molecular weight is 316 g/mol. The molecule has 1 aliphatic heterocycles. The van der Waals surface area contributed by atoms with Crippen molar-refractivity contribution in [1.82, 2.24) is 10.3 Å². The van der Waals surface area contributed by atoms with Crippen LogP contribution >= 0.6 is 11.3 Å². The van der Waals surface area contributed by atoms with Crippen molar-refractivity contribution in [2.45, 2.75) is 32.2 Å². The number of nitrogens with zero attached hydrogens (tertiary/aromatic N) is 1. The van der Waals surface area contributed by atoms with E-state index in [1.807, 2.05) is 6.92 Å². The standard InChI is InChI=1S/C16H16N2O3S/c1-9-17-15-11(3-2-4-14(15)22-9)18-16(19)10-5-6-12-13(7-10)21-8-20-12/h5-7,11H,2-4,8H2,1H3,(H,18,19)/t11-/m1/s1. The summed E-state index contributed by atoms with van der Waals surface area (Å²) < 4.78 is 10.6. The molecule has 22 heavy (non-hydrogen) atoms. The van der Waals surface area contributed by atoms with E-state index in [4.69, 9.17) is 9.47 Å². The molecule has 0 fully saturated rings. The normalized spacial score (nSPS) is 18.9. The van der Waals surface area contributed by atoms with Gasteiger partial charge in [-0.1, -0.05) is 0 Å². The molecule has 1 amide bonds. The van der Waals surface area contributed by atoms with Crippen LogP contribution in [0.4, 0.5) is 0 Å². The van der Waals surface area contributed by atoms with E-state index in [2.05, 4.69) is 10.3 Å². The Bertz CT molecular complexity index is 741. The predicted octanol–water partition coefficient (Wildman–Crippen LogP) is 2.99. The van der Waals surface area contributed by atoms with Crippen molar-refractivity contribution in [2.75, 3.05) is 6.79 Å². The molecule has 0 saturated heterocycles. The van der Waals surface area contributed by atoms with Crippen molar-refractivity contribution in [2.24, 2.45) is 0 Å². The zero-order valence-corrected chi connectivity index (χ0v) is 13.0. The Hall–Kier alpha value is -2.08. The van der Waals surface area contributed by atoms with E-state index in [1.54, 1.807) is 29.5 Å². The van der Waals surface area contributed by atoms with Crippen LogP contribution < -0.4 is 14.8 Å². The smallest absolute Gasteiger partial charge is 0.251 e. The van der Waals surface area contributed by atoms with Gasteiger partial charge < -0.3 is 14.8 Å². The van der Waals surface area contributed by atoms with E-state index in [0.29, 0.717) is 17.1 Å². The molecule has 0 radical (unpaired) electrons. The lowest BCUT2D eigenvalue weighted by molar-refractivity contribution is 0.0931. The van der Waals surface area contributed by atoms with Gasteiger partial charge in [0.05, 0.1) is 16.7 Å². The molecule has 114 valence electrons. The summed E-state index contributed by atoms with van der Waals surface area (Å²) in [7, 11) is 0. The second kappa shape index (κ2) is 5.28. The van der Waals surface area contributed by atoms with Gasteiger partial charge in [-0.3, -0.25) is 4.79 Å². The van der Waals surface area contributed by atoms with Gasteiger partial charge in [-0.25, -0.2) is 4.98 Å². The summed E-state index contributed by atoms with van der Waals surface area (Å²) in [6.07, 6.45) is 3.09. The van der Waals surface area contributed by atoms with Crippen LogP contribution in [-0.2, 0) is 6.42 Å². The van der Waals surface area contributed by atoms with Gasteiger partial charge in [-0.2, -0.15) is 0 Å². The van der Waals surface area contributed by atoms with Crippen LogP contribution in [-0.4, -0.2) is 17.7 Å². The minimum Gasteiger partial charge on any atom is -0.454 e. The second-order valence-electron chi connectivity index (χ2n) is 5.53. The number of rotatable bonds is 2. The summed E-state index contributed by atoms with van der Waals surface area (Å²) >= 11 is 1.73. The Morgan fingerprint density at radius 2 is 2.23 bits per heavy atom. The van der Waals surface area contributed by atoms with Crippen molar-refractivity contribution in [3.05, 3.63) is 39.3 Å². The maximum atomic E-state index is 12.5. The Labute approximate surface area is 132 Å². The molecule has 5 nitrogen and oxygen atoms in total. The van der Waals surface area contributed by atoms with Crippen LogP contribution in [0.5, 0.6) is 11.5 Å². The molecule has 0 saturated carbocycles. The number of aromatic nitrogens is 1.